The van der Waals surface area contributed by atoms with Crippen LogP contribution in [0.2, 0.25) is 0 Å². The van der Waals surface area contributed by atoms with Crippen LogP contribution in [0.3, 0.4) is 0 Å². The summed E-state index contributed by atoms with van der Waals surface area (Å²) in [5.41, 5.74) is 0.970. The highest BCUT2D eigenvalue weighted by atomic mass is 19.4. The zero-order valence-electron chi connectivity index (χ0n) is 11.4. The molecule has 2 nitrogen and oxygen atoms in total. The molecule has 0 saturated heterocycles. The van der Waals surface area contributed by atoms with Gasteiger partial charge in [0.1, 0.15) is 5.75 Å². The molecule has 0 aliphatic heterocycles. The van der Waals surface area contributed by atoms with Gasteiger partial charge in [-0.3, -0.25) is 0 Å². The quantitative estimate of drug-likeness (QED) is 0.836. The van der Waals surface area contributed by atoms with Gasteiger partial charge in [-0.2, -0.15) is 0 Å². The summed E-state index contributed by atoms with van der Waals surface area (Å²) < 4.78 is 40.0. The third kappa shape index (κ3) is 5.96. The van der Waals surface area contributed by atoms with Gasteiger partial charge in [0.05, 0.1) is 0 Å². The van der Waals surface area contributed by atoms with Crippen molar-refractivity contribution in [3.8, 4) is 5.75 Å². The van der Waals surface area contributed by atoms with E-state index in [9.17, 15) is 13.2 Å². The SMILES string of the molecule is CNC(CCC(C)C)c1ccc(OC(F)(F)F)cc1. The molecule has 1 aromatic rings. The Morgan fingerprint density at radius 3 is 2.11 bits per heavy atom. The molecular weight excluding hydrogens is 255 g/mol. The summed E-state index contributed by atoms with van der Waals surface area (Å²) in [6.45, 7) is 4.29. The predicted molar refractivity (Wildman–Crippen MR) is 69.0 cm³/mol. The number of nitrogens with one attached hydrogen (secondary N) is 1. The summed E-state index contributed by atoms with van der Waals surface area (Å²) in [7, 11) is 1.85. The van der Waals surface area contributed by atoms with Crippen LogP contribution in [0, 0.1) is 5.92 Å². The fraction of sp³-hybridized carbons (Fsp3) is 0.571. The van der Waals surface area contributed by atoms with Crippen molar-refractivity contribution >= 4 is 0 Å². The zero-order chi connectivity index (χ0) is 14.5. The van der Waals surface area contributed by atoms with Crippen LogP contribution in [0.1, 0.15) is 38.3 Å². The Morgan fingerprint density at radius 1 is 1.11 bits per heavy atom. The summed E-state index contributed by atoms with van der Waals surface area (Å²) in [5, 5.41) is 3.18. The smallest absolute Gasteiger partial charge is 0.406 e. The van der Waals surface area contributed by atoms with E-state index in [-0.39, 0.29) is 11.8 Å². The molecular formula is C14H20F3NO. The van der Waals surface area contributed by atoms with Gasteiger partial charge in [-0.15, -0.1) is 13.2 Å². The first kappa shape index (κ1) is 15.8. The van der Waals surface area contributed by atoms with Crippen LogP contribution in [0.15, 0.2) is 24.3 Å². The maximum atomic E-state index is 12.0. The highest BCUT2D eigenvalue weighted by Crippen LogP contribution is 2.26. The van der Waals surface area contributed by atoms with Crippen molar-refractivity contribution in [2.24, 2.45) is 5.92 Å². The van der Waals surface area contributed by atoms with E-state index in [0.717, 1.165) is 18.4 Å². The molecule has 1 aromatic carbocycles. The minimum Gasteiger partial charge on any atom is -0.406 e. The monoisotopic (exact) mass is 275 g/mol. The average Bonchev–Trinajstić information content (AvgIpc) is 2.29. The summed E-state index contributed by atoms with van der Waals surface area (Å²) in [5.74, 6) is 0.415. The second kappa shape index (κ2) is 6.80. The molecule has 0 aromatic heterocycles. The van der Waals surface area contributed by atoms with Crippen LogP contribution in [-0.4, -0.2) is 13.4 Å². The molecule has 19 heavy (non-hydrogen) atoms. The van der Waals surface area contributed by atoms with E-state index in [1.54, 1.807) is 12.1 Å². The molecule has 0 radical (unpaired) electrons. The van der Waals surface area contributed by atoms with Gasteiger partial charge >= 0.3 is 6.36 Å². The molecule has 0 aliphatic rings. The first-order valence-corrected chi connectivity index (χ1v) is 6.35. The average molecular weight is 275 g/mol. The fourth-order valence-electron chi connectivity index (χ4n) is 1.88. The highest BCUT2D eigenvalue weighted by Gasteiger charge is 2.31. The van der Waals surface area contributed by atoms with Crippen molar-refractivity contribution in [2.75, 3.05) is 7.05 Å². The second-order valence-corrected chi connectivity index (χ2v) is 4.93. The van der Waals surface area contributed by atoms with Gasteiger partial charge < -0.3 is 10.1 Å². The van der Waals surface area contributed by atoms with Crippen LogP contribution in [0.4, 0.5) is 13.2 Å². The third-order valence-electron chi connectivity index (χ3n) is 2.90. The molecule has 1 atom stereocenters. The van der Waals surface area contributed by atoms with Crippen molar-refractivity contribution in [3.05, 3.63) is 29.8 Å². The van der Waals surface area contributed by atoms with Gasteiger partial charge in [-0.1, -0.05) is 26.0 Å². The molecule has 0 saturated carbocycles. The molecule has 0 spiro atoms. The molecule has 1 N–H and O–H groups in total. The maximum absolute atomic E-state index is 12.0. The number of benzene rings is 1. The fourth-order valence-corrected chi connectivity index (χ4v) is 1.88. The number of rotatable bonds is 6. The zero-order valence-corrected chi connectivity index (χ0v) is 11.4. The lowest BCUT2D eigenvalue weighted by Gasteiger charge is -2.18. The molecule has 0 fully saturated rings. The van der Waals surface area contributed by atoms with Crippen molar-refractivity contribution < 1.29 is 17.9 Å². The lowest BCUT2D eigenvalue weighted by Crippen LogP contribution is -2.18. The normalized spacial score (nSPS) is 13.6. The van der Waals surface area contributed by atoms with Gasteiger partial charge in [0.2, 0.25) is 0 Å². The third-order valence-corrected chi connectivity index (χ3v) is 2.90. The number of halogens is 3. The molecule has 0 bridgehead atoms. The van der Waals surface area contributed by atoms with Crippen molar-refractivity contribution in [2.45, 2.75) is 39.1 Å². The summed E-state index contributed by atoms with van der Waals surface area (Å²) >= 11 is 0. The lowest BCUT2D eigenvalue weighted by atomic mass is 9.98. The van der Waals surface area contributed by atoms with E-state index in [1.807, 2.05) is 7.05 Å². The number of ether oxygens (including phenoxy) is 1. The Bertz CT molecular complexity index is 373. The highest BCUT2D eigenvalue weighted by molar-refractivity contribution is 5.29. The molecule has 0 aliphatic carbocycles. The van der Waals surface area contributed by atoms with E-state index >= 15 is 0 Å². The maximum Gasteiger partial charge on any atom is 0.573 e. The number of hydrogen-bond donors (Lipinski definition) is 1. The van der Waals surface area contributed by atoms with E-state index in [2.05, 4.69) is 23.9 Å². The van der Waals surface area contributed by atoms with E-state index in [0.29, 0.717) is 5.92 Å². The summed E-state index contributed by atoms with van der Waals surface area (Å²) in [6.07, 6.45) is -2.62. The van der Waals surface area contributed by atoms with Gasteiger partial charge in [-0.25, -0.2) is 0 Å². The Kier molecular flexibility index (Phi) is 5.66. The predicted octanol–water partition coefficient (Wildman–Crippen LogP) is 4.28. The van der Waals surface area contributed by atoms with Crippen LogP contribution >= 0.6 is 0 Å². The lowest BCUT2D eigenvalue weighted by molar-refractivity contribution is -0.274. The molecule has 0 heterocycles. The Morgan fingerprint density at radius 2 is 1.68 bits per heavy atom. The Hall–Kier alpha value is -1.23. The largest absolute Gasteiger partial charge is 0.573 e. The van der Waals surface area contributed by atoms with Crippen molar-refractivity contribution in [1.29, 1.82) is 0 Å². The topological polar surface area (TPSA) is 21.3 Å². The van der Waals surface area contributed by atoms with E-state index < -0.39 is 6.36 Å². The van der Waals surface area contributed by atoms with E-state index in [4.69, 9.17) is 0 Å². The minimum atomic E-state index is -4.64. The van der Waals surface area contributed by atoms with Crippen LogP contribution in [-0.2, 0) is 0 Å². The van der Waals surface area contributed by atoms with Gasteiger partial charge in [-0.05, 0) is 43.5 Å². The number of hydrogen-bond acceptors (Lipinski definition) is 2. The summed E-state index contributed by atoms with van der Waals surface area (Å²) in [6, 6.07) is 6.19. The molecule has 1 rings (SSSR count). The minimum absolute atomic E-state index is 0.155. The molecule has 1 unspecified atom stereocenters. The first-order chi connectivity index (χ1) is 8.81. The standard InChI is InChI=1S/C14H20F3NO/c1-10(2)4-9-13(18-3)11-5-7-12(8-6-11)19-14(15,16)17/h5-8,10,13,18H,4,9H2,1-3H3. The van der Waals surface area contributed by atoms with Crippen LogP contribution < -0.4 is 10.1 Å². The van der Waals surface area contributed by atoms with Gasteiger partial charge in [0.15, 0.2) is 0 Å². The first-order valence-electron chi connectivity index (χ1n) is 6.35. The number of alkyl halides is 3. The van der Waals surface area contributed by atoms with Crippen LogP contribution in [0.5, 0.6) is 5.75 Å². The Balaban J connectivity index is 2.67. The summed E-state index contributed by atoms with van der Waals surface area (Å²) in [4.78, 5) is 0. The van der Waals surface area contributed by atoms with Crippen molar-refractivity contribution in [3.63, 3.8) is 0 Å². The van der Waals surface area contributed by atoms with E-state index in [1.165, 1.54) is 12.1 Å². The molecule has 0 amide bonds. The Labute approximate surface area is 112 Å². The van der Waals surface area contributed by atoms with Gasteiger partial charge in [0, 0.05) is 6.04 Å². The van der Waals surface area contributed by atoms with Crippen molar-refractivity contribution in [1.82, 2.24) is 5.32 Å². The van der Waals surface area contributed by atoms with Crippen LogP contribution in [0.25, 0.3) is 0 Å². The molecule has 108 valence electrons. The molecule has 5 heteroatoms. The second-order valence-electron chi connectivity index (χ2n) is 4.93. The van der Waals surface area contributed by atoms with Gasteiger partial charge in [0.25, 0.3) is 0 Å².